The largest absolute Gasteiger partial charge is 0.361 e. The van der Waals surface area contributed by atoms with E-state index in [0.717, 1.165) is 35.5 Å². The molecule has 72 valence electrons. The van der Waals surface area contributed by atoms with Gasteiger partial charge in [0, 0.05) is 17.3 Å². The van der Waals surface area contributed by atoms with E-state index < -0.39 is 0 Å². The number of hydrogen-bond donors (Lipinski definition) is 0. The Kier molecular flexibility index (Phi) is 2.72. The lowest BCUT2D eigenvalue weighted by molar-refractivity contribution is 0.344. The molecule has 1 atom stereocenters. The number of aryl methyl sites for hydroxylation is 1. The van der Waals surface area contributed by atoms with Crippen molar-refractivity contribution in [2.24, 2.45) is 5.92 Å². The van der Waals surface area contributed by atoms with Crippen LogP contribution in [0.4, 0.5) is 0 Å². The first kappa shape index (κ1) is 9.25. The summed E-state index contributed by atoms with van der Waals surface area (Å²) in [5, 5.41) is 4.88. The SMILES string of the molecule is CCC1CCc2onc(CBr)c2C1. The first-order valence-corrected chi connectivity index (χ1v) is 5.99. The first-order chi connectivity index (χ1) is 6.35. The van der Waals surface area contributed by atoms with Crippen molar-refractivity contribution in [1.29, 1.82) is 0 Å². The van der Waals surface area contributed by atoms with E-state index in [1.807, 2.05) is 0 Å². The van der Waals surface area contributed by atoms with Crippen LogP contribution in [0, 0.1) is 5.92 Å². The first-order valence-electron chi connectivity index (χ1n) is 4.87. The van der Waals surface area contributed by atoms with Gasteiger partial charge in [-0.05, 0) is 18.8 Å². The lowest BCUT2D eigenvalue weighted by atomic mass is 9.85. The van der Waals surface area contributed by atoms with Gasteiger partial charge >= 0.3 is 0 Å². The van der Waals surface area contributed by atoms with E-state index in [-0.39, 0.29) is 0 Å². The van der Waals surface area contributed by atoms with Crippen LogP contribution in [-0.2, 0) is 18.2 Å². The average molecular weight is 244 g/mol. The lowest BCUT2D eigenvalue weighted by Crippen LogP contribution is -2.12. The second-order valence-electron chi connectivity index (χ2n) is 3.68. The van der Waals surface area contributed by atoms with E-state index in [2.05, 4.69) is 28.0 Å². The van der Waals surface area contributed by atoms with Crippen LogP contribution >= 0.6 is 15.9 Å². The van der Waals surface area contributed by atoms with Gasteiger partial charge in [-0.25, -0.2) is 0 Å². The van der Waals surface area contributed by atoms with Crippen molar-refractivity contribution in [3.63, 3.8) is 0 Å². The summed E-state index contributed by atoms with van der Waals surface area (Å²) in [6.45, 7) is 2.26. The van der Waals surface area contributed by atoms with E-state index in [4.69, 9.17) is 4.52 Å². The van der Waals surface area contributed by atoms with Gasteiger partial charge in [0.2, 0.25) is 0 Å². The molecule has 0 aliphatic heterocycles. The van der Waals surface area contributed by atoms with Gasteiger partial charge in [-0.3, -0.25) is 0 Å². The van der Waals surface area contributed by atoms with Crippen molar-refractivity contribution in [2.75, 3.05) is 0 Å². The maximum Gasteiger partial charge on any atom is 0.140 e. The maximum atomic E-state index is 5.29. The molecule has 0 spiro atoms. The van der Waals surface area contributed by atoms with Gasteiger partial charge < -0.3 is 4.52 Å². The smallest absolute Gasteiger partial charge is 0.140 e. The summed E-state index contributed by atoms with van der Waals surface area (Å²) in [7, 11) is 0. The van der Waals surface area contributed by atoms with Crippen LogP contribution in [0.15, 0.2) is 4.52 Å². The molecule has 0 amide bonds. The number of fused-ring (bicyclic) bond motifs is 1. The Morgan fingerprint density at radius 1 is 1.62 bits per heavy atom. The molecule has 0 saturated carbocycles. The average Bonchev–Trinajstić information content (AvgIpc) is 2.59. The monoisotopic (exact) mass is 243 g/mol. The summed E-state index contributed by atoms with van der Waals surface area (Å²) in [5.41, 5.74) is 2.48. The minimum atomic E-state index is 0.822. The van der Waals surface area contributed by atoms with Gasteiger partial charge in [0.1, 0.15) is 5.76 Å². The Morgan fingerprint density at radius 2 is 2.46 bits per heavy atom. The molecule has 1 heterocycles. The number of nitrogens with zero attached hydrogens (tertiary/aromatic N) is 1. The summed E-state index contributed by atoms with van der Waals surface area (Å²) < 4.78 is 5.29. The predicted molar refractivity (Wildman–Crippen MR) is 54.9 cm³/mol. The summed E-state index contributed by atoms with van der Waals surface area (Å²) in [6, 6.07) is 0. The van der Waals surface area contributed by atoms with Crippen molar-refractivity contribution in [1.82, 2.24) is 5.16 Å². The van der Waals surface area contributed by atoms with E-state index in [1.165, 1.54) is 18.4 Å². The van der Waals surface area contributed by atoms with Crippen LogP contribution in [0.2, 0.25) is 0 Å². The molecule has 0 saturated heterocycles. The van der Waals surface area contributed by atoms with Gasteiger partial charge in [0.15, 0.2) is 0 Å². The normalized spacial score (nSPS) is 21.5. The molecule has 2 rings (SSSR count). The fourth-order valence-corrected chi connectivity index (χ4v) is 2.43. The molecule has 0 aromatic carbocycles. The zero-order valence-corrected chi connectivity index (χ0v) is 9.43. The number of rotatable bonds is 2. The van der Waals surface area contributed by atoms with Crippen LogP contribution < -0.4 is 0 Å². The predicted octanol–water partition coefficient (Wildman–Crippen LogP) is 3.08. The molecule has 0 bridgehead atoms. The van der Waals surface area contributed by atoms with Crippen LogP contribution in [0.1, 0.15) is 36.8 Å². The highest BCUT2D eigenvalue weighted by molar-refractivity contribution is 9.08. The zero-order chi connectivity index (χ0) is 9.26. The number of hydrogen-bond acceptors (Lipinski definition) is 2. The molecular weight excluding hydrogens is 230 g/mol. The molecule has 3 heteroatoms. The second-order valence-corrected chi connectivity index (χ2v) is 4.24. The second kappa shape index (κ2) is 3.82. The fourth-order valence-electron chi connectivity index (χ4n) is 1.99. The fraction of sp³-hybridized carbons (Fsp3) is 0.700. The minimum absolute atomic E-state index is 0.822. The number of halogens is 1. The third kappa shape index (κ3) is 1.66. The molecule has 0 N–H and O–H groups in total. The molecule has 13 heavy (non-hydrogen) atoms. The van der Waals surface area contributed by atoms with E-state index in [0.29, 0.717) is 0 Å². The number of aromatic nitrogens is 1. The summed E-state index contributed by atoms with van der Waals surface area (Å²) in [4.78, 5) is 0. The van der Waals surface area contributed by atoms with Crippen molar-refractivity contribution >= 4 is 15.9 Å². The Balaban J connectivity index is 2.25. The van der Waals surface area contributed by atoms with Crippen molar-refractivity contribution in [3.8, 4) is 0 Å². The minimum Gasteiger partial charge on any atom is -0.361 e. The summed E-state index contributed by atoms with van der Waals surface area (Å²) in [5.74, 6) is 1.96. The Bertz CT molecular complexity index is 282. The summed E-state index contributed by atoms with van der Waals surface area (Å²) in [6.07, 6.45) is 4.77. The quantitative estimate of drug-likeness (QED) is 0.747. The van der Waals surface area contributed by atoms with Crippen molar-refractivity contribution < 1.29 is 4.52 Å². The van der Waals surface area contributed by atoms with Crippen molar-refractivity contribution in [3.05, 3.63) is 17.0 Å². The molecule has 1 aliphatic carbocycles. The molecule has 2 nitrogen and oxygen atoms in total. The van der Waals surface area contributed by atoms with Crippen LogP contribution in [0.5, 0.6) is 0 Å². The molecular formula is C10H14BrNO. The Labute approximate surface area is 86.8 Å². The molecule has 1 aromatic rings. The van der Waals surface area contributed by atoms with Gasteiger partial charge in [-0.2, -0.15) is 0 Å². The van der Waals surface area contributed by atoms with Gasteiger partial charge in [0.25, 0.3) is 0 Å². The lowest BCUT2D eigenvalue weighted by Gasteiger charge is -2.19. The molecule has 1 aromatic heterocycles. The van der Waals surface area contributed by atoms with Crippen molar-refractivity contribution in [2.45, 2.75) is 37.9 Å². The van der Waals surface area contributed by atoms with Crippen LogP contribution in [0.3, 0.4) is 0 Å². The standard InChI is InChI=1S/C10H14BrNO/c1-2-7-3-4-10-8(5-7)9(6-11)12-13-10/h7H,2-6H2,1H3. The highest BCUT2D eigenvalue weighted by Gasteiger charge is 2.23. The van der Waals surface area contributed by atoms with Crippen LogP contribution in [0.25, 0.3) is 0 Å². The molecule has 0 fully saturated rings. The third-order valence-corrected chi connectivity index (χ3v) is 3.46. The molecule has 1 unspecified atom stereocenters. The van der Waals surface area contributed by atoms with E-state index >= 15 is 0 Å². The maximum absolute atomic E-state index is 5.29. The Hall–Kier alpha value is -0.310. The highest BCUT2D eigenvalue weighted by atomic mass is 79.9. The third-order valence-electron chi connectivity index (χ3n) is 2.93. The van der Waals surface area contributed by atoms with Gasteiger partial charge in [0.05, 0.1) is 5.69 Å². The van der Waals surface area contributed by atoms with Gasteiger partial charge in [-0.1, -0.05) is 34.4 Å². The topological polar surface area (TPSA) is 26.0 Å². The molecule has 0 radical (unpaired) electrons. The zero-order valence-electron chi connectivity index (χ0n) is 7.85. The van der Waals surface area contributed by atoms with Crippen LogP contribution in [-0.4, -0.2) is 5.16 Å². The Morgan fingerprint density at radius 3 is 3.15 bits per heavy atom. The van der Waals surface area contributed by atoms with E-state index in [9.17, 15) is 0 Å². The van der Waals surface area contributed by atoms with Gasteiger partial charge in [-0.15, -0.1) is 0 Å². The number of alkyl halides is 1. The molecule has 1 aliphatic rings. The summed E-state index contributed by atoms with van der Waals surface area (Å²) >= 11 is 3.44. The van der Waals surface area contributed by atoms with E-state index in [1.54, 1.807) is 0 Å². The highest BCUT2D eigenvalue weighted by Crippen LogP contribution is 2.30.